The smallest absolute Gasteiger partial charge is 0.341 e. The molecule has 0 unspecified atom stereocenters. The van der Waals surface area contributed by atoms with E-state index in [-0.39, 0.29) is 32.0 Å². The van der Waals surface area contributed by atoms with Gasteiger partial charge in [-0.15, -0.1) is 0 Å². The van der Waals surface area contributed by atoms with Gasteiger partial charge in [0.05, 0.1) is 41.4 Å². The van der Waals surface area contributed by atoms with E-state index in [4.69, 9.17) is 4.74 Å². The van der Waals surface area contributed by atoms with Crippen LogP contribution in [0.5, 0.6) is 0 Å². The van der Waals surface area contributed by atoms with Crippen LogP contribution >= 0.6 is 0 Å². The fraction of sp³-hybridized carbons (Fsp3) is 0.281. The van der Waals surface area contributed by atoms with Gasteiger partial charge >= 0.3 is 5.97 Å². The van der Waals surface area contributed by atoms with E-state index in [1.165, 1.54) is 10.6 Å². The van der Waals surface area contributed by atoms with Crippen LogP contribution in [0.4, 0.5) is 11.4 Å². The van der Waals surface area contributed by atoms with Crippen molar-refractivity contribution in [3.05, 3.63) is 90.1 Å². The summed E-state index contributed by atoms with van der Waals surface area (Å²) in [6, 6.07) is 17.2. The first-order chi connectivity index (χ1) is 21.7. The number of benzene rings is 2. The number of nitrogens with zero attached hydrogens (tertiary/aromatic N) is 7. The summed E-state index contributed by atoms with van der Waals surface area (Å²) in [5.74, 6) is -0.481. The molecule has 4 heterocycles. The number of aromatic nitrogens is 5. The van der Waals surface area contributed by atoms with Crippen molar-refractivity contribution in [1.82, 2.24) is 28.6 Å². The standard InChI is InChI=1S/C32H32N8O4S/c1-4-45(42,43)39-18-32(19-39,13-14-33)40-17-24(16-36-40)29-26-12-15-38(30(26)35-20-34-29)21-44-31(41)25-9-5-6-10-28(25)37-27-11-7-8-22(2)23(27)3/h5-12,15-17,20,37H,4,13,18-19,21H2,1-3H3. The minimum atomic E-state index is -3.36. The van der Waals surface area contributed by atoms with Crippen LogP contribution in [0.1, 0.15) is 34.8 Å². The summed E-state index contributed by atoms with van der Waals surface area (Å²) in [5.41, 5.74) is 5.34. The highest BCUT2D eigenvalue weighted by atomic mass is 32.2. The van der Waals surface area contributed by atoms with Crippen LogP contribution in [0.2, 0.25) is 0 Å². The summed E-state index contributed by atoms with van der Waals surface area (Å²) < 4.78 is 35.2. The third-order valence-corrected chi connectivity index (χ3v) is 10.1. The summed E-state index contributed by atoms with van der Waals surface area (Å²) >= 11 is 0. The first-order valence-corrected chi connectivity index (χ1v) is 16.1. The number of nitrogens with one attached hydrogen (secondary N) is 1. The number of esters is 1. The van der Waals surface area contributed by atoms with Gasteiger partial charge in [-0.25, -0.2) is 23.2 Å². The Balaban J connectivity index is 1.20. The molecule has 1 fully saturated rings. The summed E-state index contributed by atoms with van der Waals surface area (Å²) in [6.45, 7) is 5.97. The molecule has 6 rings (SSSR count). The zero-order valence-corrected chi connectivity index (χ0v) is 26.0. The van der Waals surface area contributed by atoms with Gasteiger partial charge in [0.1, 0.15) is 17.5 Å². The highest BCUT2D eigenvalue weighted by molar-refractivity contribution is 7.89. The maximum Gasteiger partial charge on any atom is 0.341 e. The van der Waals surface area contributed by atoms with Gasteiger partial charge in [-0.2, -0.15) is 14.7 Å². The monoisotopic (exact) mass is 624 g/mol. The molecule has 0 radical (unpaired) electrons. The Morgan fingerprint density at radius 2 is 1.87 bits per heavy atom. The summed E-state index contributed by atoms with van der Waals surface area (Å²) in [6.07, 6.45) is 6.76. The number of sulfonamides is 1. The van der Waals surface area contributed by atoms with E-state index in [0.29, 0.717) is 28.2 Å². The SMILES string of the molecule is CCS(=O)(=O)N1CC(CC#N)(n2cc(-c3ncnc4c3ccn4COC(=O)c3ccccc3Nc3cccc(C)c3C)cn2)C1. The number of aryl methyl sites for hydroxylation is 1. The maximum absolute atomic E-state index is 13.2. The summed E-state index contributed by atoms with van der Waals surface area (Å²) in [5, 5.41) is 18.1. The summed E-state index contributed by atoms with van der Waals surface area (Å²) in [7, 11) is -3.36. The molecule has 45 heavy (non-hydrogen) atoms. The predicted octanol–water partition coefficient (Wildman–Crippen LogP) is 4.74. The Labute approximate surface area is 260 Å². The molecular formula is C32H32N8O4S. The number of carbonyl (C=O) groups is 1. The van der Waals surface area contributed by atoms with Gasteiger partial charge in [0.2, 0.25) is 10.0 Å². The molecule has 1 aliphatic rings. The molecule has 0 atom stereocenters. The number of para-hydroxylation sites is 1. The largest absolute Gasteiger partial charge is 0.440 e. The van der Waals surface area contributed by atoms with E-state index in [1.807, 2.05) is 50.2 Å². The van der Waals surface area contributed by atoms with Crippen molar-refractivity contribution in [1.29, 1.82) is 5.26 Å². The lowest BCUT2D eigenvalue weighted by molar-refractivity contribution is 0.0380. The van der Waals surface area contributed by atoms with Crippen LogP contribution in [-0.2, 0) is 27.0 Å². The normalized spacial score (nSPS) is 14.5. The molecule has 0 bridgehead atoms. The molecule has 1 saturated heterocycles. The predicted molar refractivity (Wildman–Crippen MR) is 169 cm³/mol. The average molecular weight is 625 g/mol. The van der Waals surface area contributed by atoms with E-state index < -0.39 is 21.5 Å². The van der Waals surface area contributed by atoms with Gasteiger partial charge in [-0.3, -0.25) is 9.25 Å². The molecule has 3 aromatic heterocycles. The van der Waals surface area contributed by atoms with Gasteiger partial charge in [0.15, 0.2) is 6.73 Å². The molecule has 1 aliphatic heterocycles. The van der Waals surface area contributed by atoms with E-state index in [1.54, 1.807) is 46.9 Å². The van der Waals surface area contributed by atoms with Gasteiger partial charge in [-0.1, -0.05) is 24.3 Å². The van der Waals surface area contributed by atoms with Crippen molar-refractivity contribution in [2.24, 2.45) is 0 Å². The van der Waals surface area contributed by atoms with Crippen LogP contribution in [0, 0.1) is 25.2 Å². The van der Waals surface area contributed by atoms with Crippen molar-refractivity contribution >= 4 is 38.4 Å². The highest BCUT2D eigenvalue weighted by Gasteiger charge is 2.49. The lowest BCUT2D eigenvalue weighted by Gasteiger charge is -2.47. The molecule has 0 aliphatic carbocycles. The van der Waals surface area contributed by atoms with Gasteiger partial charge in [0, 0.05) is 42.1 Å². The zero-order valence-electron chi connectivity index (χ0n) is 25.1. The third kappa shape index (κ3) is 5.54. The molecule has 12 nitrogen and oxygen atoms in total. The Kier molecular flexibility index (Phi) is 7.86. The number of fused-ring (bicyclic) bond motifs is 1. The van der Waals surface area contributed by atoms with E-state index >= 15 is 0 Å². The van der Waals surface area contributed by atoms with E-state index in [2.05, 4.69) is 26.5 Å². The van der Waals surface area contributed by atoms with Crippen molar-refractivity contribution in [3.63, 3.8) is 0 Å². The second-order valence-electron chi connectivity index (χ2n) is 11.1. The van der Waals surface area contributed by atoms with Crippen molar-refractivity contribution < 1.29 is 17.9 Å². The fourth-order valence-electron chi connectivity index (χ4n) is 5.52. The number of anilines is 2. The zero-order chi connectivity index (χ0) is 31.8. The van der Waals surface area contributed by atoms with Crippen LogP contribution in [0.15, 0.2) is 73.4 Å². The molecule has 13 heteroatoms. The first-order valence-electron chi connectivity index (χ1n) is 14.5. The maximum atomic E-state index is 13.2. The fourth-order valence-corrected chi connectivity index (χ4v) is 6.76. The molecule has 2 aromatic carbocycles. The third-order valence-electron chi connectivity index (χ3n) is 8.36. The molecular weight excluding hydrogens is 592 g/mol. The number of carbonyl (C=O) groups excluding carboxylic acids is 1. The minimum absolute atomic E-state index is 0.00170. The number of hydrogen-bond acceptors (Lipinski definition) is 9. The number of ether oxygens (including phenoxy) is 1. The van der Waals surface area contributed by atoms with E-state index in [9.17, 15) is 18.5 Å². The van der Waals surface area contributed by atoms with Gasteiger partial charge in [-0.05, 0) is 56.2 Å². The van der Waals surface area contributed by atoms with E-state index in [0.717, 1.165) is 22.2 Å². The molecule has 0 saturated carbocycles. The molecule has 0 amide bonds. The topological polar surface area (TPSA) is 148 Å². The molecule has 0 spiro atoms. The Hall–Kier alpha value is -5.06. The Bertz CT molecular complexity index is 2050. The van der Waals surface area contributed by atoms with Crippen molar-refractivity contribution in [2.45, 2.75) is 39.5 Å². The van der Waals surface area contributed by atoms with Gasteiger partial charge < -0.3 is 10.1 Å². The Morgan fingerprint density at radius 3 is 2.64 bits per heavy atom. The van der Waals surface area contributed by atoms with Crippen LogP contribution < -0.4 is 5.32 Å². The van der Waals surface area contributed by atoms with Crippen molar-refractivity contribution in [3.8, 4) is 17.3 Å². The van der Waals surface area contributed by atoms with Crippen LogP contribution in [0.25, 0.3) is 22.3 Å². The first kappa shape index (κ1) is 30.0. The lowest BCUT2D eigenvalue weighted by atomic mass is 9.89. The number of rotatable bonds is 10. The number of hydrogen-bond donors (Lipinski definition) is 1. The molecule has 1 N–H and O–H groups in total. The summed E-state index contributed by atoms with van der Waals surface area (Å²) in [4.78, 5) is 22.2. The quantitative estimate of drug-likeness (QED) is 0.218. The lowest BCUT2D eigenvalue weighted by Crippen LogP contribution is -2.64. The Morgan fingerprint density at radius 1 is 1.09 bits per heavy atom. The number of nitriles is 1. The van der Waals surface area contributed by atoms with Crippen molar-refractivity contribution in [2.75, 3.05) is 24.2 Å². The van der Waals surface area contributed by atoms with Crippen LogP contribution in [-0.4, -0.2) is 61.9 Å². The molecule has 5 aromatic rings. The molecule has 230 valence electrons. The second-order valence-corrected chi connectivity index (χ2v) is 13.4. The van der Waals surface area contributed by atoms with Crippen LogP contribution in [0.3, 0.4) is 0 Å². The highest BCUT2D eigenvalue weighted by Crippen LogP contribution is 2.36. The second kappa shape index (κ2) is 11.8. The minimum Gasteiger partial charge on any atom is -0.440 e. The average Bonchev–Trinajstić information content (AvgIpc) is 3.68. The van der Waals surface area contributed by atoms with Gasteiger partial charge in [0.25, 0.3) is 0 Å².